The average Bonchev–Trinajstić information content (AvgIpc) is 2.42. The molecule has 1 atom stereocenters. The second kappa shape index (κ2) is 5.80. The molecular weight excluding hydrogens is 218 g/mol. The Kier molecular flexibility index (Phi) is 4.12. The first-order valence-electron chi connectivity index (χ1n) is 5.60. The third kappa shape index (κ3) is 2.84. The summed E-state index contributed by atoms with van der Waals surface area (Å²) in [5, 5.41) is 0. The van der Waals surface area contributed by atoms with Gasteiger partial charge in [0.2, 0.25) is 0 Å². The summed E-state index contributed by atoms with van der Waals surface area (Å²) >= 11 is 0. The molecule has 4 nitrogen and oxygen atoms in total. The number of morpholine rings is 1. The van der Waals surface area contributed by atoms with Gasteiger partial charge in [0.15, 0.2) is 6.10 Å². The van der Waals surface area contributed by atoms with Crippen molar-refractivity contribution in [2.24, 2.45) is 0 Å². The maximum absolute atomic E-state index is 12.2. The van der Waals surface area contributed by atoms with Crippen LogP contribution in [-0.2, 0) is 14.3 Å². The SMILES string of the molecule is [CH]OC(C(=O)N1CCOCC1)c1ccccc1. The van der Waals surface area contributed by atoms with Crippen LogP contribution >= 0.6 is 0 Å². The van der Waals surface area contributed by atoms with E-state index in [4.69, 9.17) is 16.6 Å². The second-order valence-electron chi connectivity index (χ2n) is 3.86. The molecule has 1 amide bonds. The van der Waals surface area contributed by atoms with E-state index in [1.165, 1.54) is 0 Å². The van der Waals surface area contributed by atoms with E-state index in [2.05, 4.69) is 0 Å². The van der Waals surface area contributed by atoms with E-state index in [0.717, 1.165) is 5.56 Å². The van der Waals surface area contributed by atoms with E-state index in [9.17, 15) is 4.79 Å². The molecule has 0 saturated carbocycles. The molecule has 0 aliphatic carbocycles. The molecule has 4 heteroatoms. The fourth-order valence-corrected chi connectivity index (χ4v) is 1.86. The van der Waals surface area contributed by atoms with Gasteiger partial charge in [0.25, 0.3) is 5.91 Å². The molecular formula is C13H15NO3. The fourth-order valence-electron chi connectivity index (χ4n) is 1.86. The molecule has 0 aromatic heterocycles. The minimum atomic E-state index is -0.728. The van der Waals surface area contributed by atoms with Crippen molar-refractivity contribution in [2.75, 3.05) is 26.3 Å². The van der Waals surface area contributed by atoms with Crippen molar-refractivity contribution in [3.05, 3.63) is 43.0 Å². The second-order valence-corrected chi connectivity index (χ2v) is 3.86. The number of rotatable bonds is 3. The van der Waals surface area contributed by atoms with E-state index in [1.807, 2.05) is 30.3 Å². The monoisotopic (exact) mass is 233 g/mol. The van der Waals surface area contributed by atoms with Crippen LogP contribution in [0.2, 0.25) is 0 Å². The van der Waals surface area contributed by atoms with Gasteiger partial charge in [-0.05, 0) is 5.56 Å². The number of hydrogen-bond acceptors (Lipinski definition) is 3. The van der Waals surface area contributed by atoms with Crippen LogP contribution in [0.3, 0.4) is 0 Å². The maximum atomic E-state index is 12.2. The first-order chi connectivity index (χ1) is 8.33. The third-order valence-electron chi connectivity index (χ3n) is 2.79. The number of amides is 1. The summed E-state index contributed by atoms with van der Waals surface area (Å²) in [7, 11) is 5.23. The molecule has 0 N–H and O–H groups in total. The fraction of sp³-hybridized carbons (Fsp3) is 0.385. The Hall–Kier alpha value is -1.39. The van der Waals surface area contributed by atoms with E-state index in [-0.39, 0.29) is 5.91 Å². The smallest absolute Gasteiger partial charge is 0.256 e. The topological polar surface area (TPSA) is 38.8 Å². The number of carbonyl (C=O) groups is 1. The number of nitrogens with zero attached hydrogens (tertiary/aromatic N) is 1. The van der Waals surface area contributed by atoms with Gasteiger partial charge in [0.05, 0.1) is 13.2 Å². The van der Waals surface area contributed by atoms with Gasteiger partial charge >= 0.3 is 0 Å². The molecule has 2 rings (SSSR count). The summed E-state index contributed by atoms with van der Waals surface area (Å²) in [5.74, 6) is -0.109. The Labute approximate surface area is 101 Å². The number of ether oxygens (including phenoxy) is 2. The van der Waals surface area contributed by atoms with Crippen molar-refractivity contribution in [3.63, 3.8) is 0 Å². The van der Waals surface area contributed by atoms with Crippen LogP contribution in [0.1, 0.15) is 11.7 Å². The Bertz CT molecular complexity index is 360. The molecule has 1 aliphatic rings. The Morgan fingerprint density at radius 2 is 1.94 bits per heavy atom. The van der Waals surface area contributed by atoms with Gasteiger partial charge in [-0.1, -0.05) is 30.3 Å². The zero-order chi connectivity index (χ0) is 12.1. The lowest BCUT2D eigenvalue weighted by Crippen LogP contribution is -2.43. The molecule has 1 aromatic rings. The van der Waals surface area contributed by atoms with Crippen molar-refractivity contribution in [3.8, 4) is 0 Å². The van der Waals surface area contributed by atoms with Crippen molar-refractivity contribution in [2.45, 2.75) is 6.10 Å². The lowest BCUT2D eigenvalue weighted by atomic mass is 10.1. The van der Waals surface area contributed by atoms with Gasteiger partial charge in [0, 0.05) is 13.1 Å². The van der Waals surface area contributed by atoms with Crippen molar-refractivity contribution in [1.82, 2.24) is 4.90 Å². The zero-order valence-corrected chi connectivity index (χ0v) is 9.54. The van der Waals surface area contributed by atoms with E-state index in [0.29, 0.717) is 26.3 Å². The summed E-state index contributed by atoms with van der Waals surface area (Å²) in [6, 6.07) is 9.25. The summed E-state index contributed by atoms with van der Waals surface area (Å²) in [6.07, 6.45) is -0.728. The largest absolute Gasteiger partial charge is 0.378 e. The first kappa shape index (κ1) is 12.1. The summed E-state index contributed by atoms with van der Waals surface area (Å²) in [4.78, 5) is 13.9. The Morgan fingerprint density at radius 3 is 2.53 bits per heavy atom. The van der Waals surface area contributed by atoms with Crippen LogP contribution in [0.25, 0.3) is 0 Å². The van der Waals surface area contributed by atoms with Gasteiger partial charge in [-0.2, -0.15) is 0 Å². The quantitative estimate of drug-likeness (QED) is 0.789. The van der Waals surface area contributed by atoms with Crippen LogP contribution in [0.4, 0.5) is 0 Å². The molecule has 2 radical (unpaired) electrons. The predicted octanol–water partition coefficient (Wildman–Crippen LogP) is 1.27. The molecule has 1 saturated heterocycles. The highest BCUT2D eigenvalue weighted by atomic mass is 16.5. The normalized spacial score (nSPS) is 17.8. The molecule has 1 aromatic carbocycles. The highest BCUT2D eigenvalue weighted by molar-refractivity contribution is 5.82. The zero-order valence-electron chi connectivity index (χ0n) is 9.54. The van der Waals surface area contributed by atoms with Gasteiger partial charge in [0.1, 0.15) is 7.11 Å². The van der Waals surface area contributed by atoms with E-state index >= 15 is 0 Å². The van der Waals surface area contributed by atoms with Gasteiger partial charge in [-0.15, -0.1) is 0 Å². The van der Waals surface area contributed by atoms with Gasteiger partial charge in [-0.25, -0.2) is 0 Å². The third-order valence-corrected chi connectivity index (χ3v) is 2.79. The molecule has 1 aliphatic heterocycles. The standard InChI is InChI=1S/C13H15NO3/c1-16-12(11-5-3-2-4-6-11)13(15)14-7-9-17-10-8-14/h1-6,12H,7-10H2. The molecule has 1 unspecified atom stereocenters. The van der Waals surface area contributed by atoms with Crippen LogP contribution in [0.15, 0.2) is 30.3 Å². The molecule has 1 fully saturated rings. The number of benzene rings is 1. The molecule has 90 valence electrons. The van der Waals surface area contributed by atoms with E-state index in [1.54, 1.807) is 4.90 Å². The van der Waals surface area contributed by atoms with E-state index < -0.39 is 6.10 Å². The Morgan fingerprint density at radius 1 is 1.29 bits per heavy atom. The summed E-state index contributed by atoms with van der Waals surface area (Å²) < 4.78 is 10.0. The number of carbonyl (C=O) groups excluding carboxylic acids is 1. The Balaban J connectivity index is 2.10. The average molecular weight is 233 g/mol. The minimum Gasteiger partial charge on any atom is -0.378 e. The van der Waals surface area contributed by atoms with Crippen LogP contribution < -0.4 is 0 Å². The van der Waals surface area contributed by atoms with Crippen LogP contribution in [0, 0.1) is 7.11 Å². The van der Waals surface area contributed by atoms with Gasteiger partial charge < -0.3 is 14.4 Å². The molecule has 1 heterocycles. The molecule has 0 spiro atoms. The predicted molar refractivity (Wildman–Crippen MR) is 62.0 cm³/mol. The highest BCUT2D eigenvalue weighted by Gasteiger charge is 2.26. The lowest BCUT2D eigenvalue weighted by Gasteiger charge is -2.29. The molecule has 17 heavy (non-hydrogen) atoms. The maximum Gasteiger partial charge on any atom is 0.256 e. The van der Waals surface area contributed by atoms with Crippen LogP contribution in [0.5, 0.6) is 0 Å². The summed E-state index contributed by atoms with van der Waals surface area (Å²) in [5.41, 5.74) is 0.770. The van der Waals surface area contributed by atoms with Crippen molar-refractivity contribution < 1.29 is 14.3 Å². The summed E-state index contributed by atoms with van der Waals surface area (Å²) in [6.45, 7) is 2.31. The molecule has 0 bridgehead atoms. The number of hydrogen-bond donors (Lipinski definition) is 0. The minimum absolute atomic E-state index is 0.109. The highest BCUT2D eigenvalue weighted by Crippen LogP contribution is 2.20. The van der Waals surface area contributed by atoms with Crippen LogP contribution in [-0.4, -0.2) is 37.1 Å². The lowest BCUT2D eigenvalue weighted by molar-refractivity contribution is -0.145. The first-order valence-corrected chi connectivity index (χ1v) is 5.60. The van der Waals surface area contributed by atoms with Crippen molar-refractivity contribution >= 4 is 5.91 Å². The van der Waals surface area contributed by atoms with Crippen molar-refractivity contribution in [1.29, 1.82) is 0 Å². The van der Waals surface area contributed by atoms with Gasteiger partial charge in [-0.3, -0.25) is 4.79 Å².